The molecule has 0 aliphatic carbocycles. The molecule has 4 nitrogen and oxygen atoms in total. The molecule has 0 fully saturated rings. The molecule has 15 heavy (non-hydrogen) atoms. The van der Waals surface area contributed by atoms with Gasteiger partial charge in [0.25, 0.3) is 0 Å². The van der Waals surface area contributed by atoms with Crippen LogP contribution in [0.3, 0.4) is 0 Å². The van der Waals surface area contributed by atoms with Gasteiger partial charge >= 0.3 is 0 Å². The van der Waals surface area contributed by atoms with Crippen LogP contribution in [0, 0.1) is 6.92 Å². The summed E-state index contributed by atoms with van der Waals surface area (Å²) in [6, 6.07) is 6.67. The van der Waals surface area contributed by atoms with E-state index in [1.54, 1.807) is 18.3 Å². The normalized spacial score (nSPS) is 9.93. The molecule has 0 aliphatic rings. The van der Waals surface area contributed by atoms with Crippen LogP contribution in [-0.2, 0) is 0 Å². The average Bonchev–Trinajstić information content (AvgIpc) is 2.17. The fourth-order valence-electron chi connectivity index (χ4n) is 1.25. The Labute approximate surface area is 87.2 Å². The fraction of sp³-hybridized carbons (Fsp3) is 0.0909. The average molecular weight is 202 g/mol. The van der Waals surface area contributed by atoms with Gasteiger partial charge in [0, 0.05) is 18.3 Å². The van der Waals surface area contributed by atoms with Crippen molar-refractivity contribution in [2.24, 2.45) is 0 Å². The zero-order valence-corrected chi connectivity index (χ0v) is 8.21. The summed E-state index contributed by atoms with van der Waals surface area (Å²) in [5, 5.41) is 9.36. The van der Waals surface area contributed by atoms with Gasteiger partial charge in [-0.3, -0.25) is 0 Å². The lowest BCUT2D eigenvalue weighted by atomic mass is 10.2. The number of phenols is 1. The third-order valence-electron chi connectivity index (χ3n) is 1.81. The van der Waals surface area contributed by atoms with Crippen molar-refractivity contribution in [1.82, 2.24) is 9.97 Å². The molecular weight excluding hydrogens is 192 g/mol. The van der Waals surface area contributed by atoms with Gasteiger partial charge in [-0.1, -0.05) is 0 Å². The molecular formula is C11H10N2O2. The van der Waals surface area contributed by atoms with E-state index < -0.39 is 0 Å². The first-order valence-electron chi connectivity index (χ1n) is 4.48. The second kappa shape index (κ2) is 3.96. The van der Waals surface area contributed by atoms with Crippen LogP contribution in [0.5, 0.6) is 17.4 Å². The number of phenolic OH excluding ortho intramolecular Hbond substituents is 1. The summed E-state index contributed by atoms with van der Waals surface area (Å²) >= 11 is 0. The van der Waals surface area contributed by atoms with Crippen LogP contribution in [-0.4, -0.2) is 15.1 Å². The second-order valence-electron chi connectivity index (χ2n) is 3.15. The summed E-state index contributed by atoms with van der Waals surface area (Å²) in [5.74, 6) is 1.19. The van der Waals surface area contributed by atoms with E-state index in [2.05, 4.69) is 9.97 Å². The first-order valence-corrected chi connectivity index (χ1v) is 4.48. The molecule has 0 atom stereocenters. The van der Waals surface area contributed by atoms with Gasteiger partial charge in [-0.25, -0.2) is 9.97 Å². The minimum absolute atomic E-state index is 0.180. The highest BCUT2D eigenvalue weighted by atomic mass is 16.5. The van der Waals surface area contributed by atoms with Crippen molar-refractivity contribution >= 4 is 0 Å². The number of nitrogens with zero attached hydrogens (tertiary/aromatic N) is 2. The van der Waals surface area contributed by atoms with Crippen LogP contribution < -0.4 is 4.74 Å². The molecule has 1 N–H and O–H groups in total. The monoisotopic (exact) mass is 202 g/mol. The second-order valence-corrected chi connectivity index (χ2v) is 3.15. The van der Waals surface area contributed by atoms with E-state index in [9.17, 15) is 5.11 Å². The Morgan fingerprint density at radius 1 is 1.27 bits per heavy atom. The lowest BCUT2D eigenvalue weighted by Crippen LogP contribution is -1.88. The van der Waals surface area contributed by atoms with E-state index in [1.807, 2.05) is 13.0 Å². The van der Waals surface area contributed by atoms with Gasteiger partial charge < -0.3 is 9.84 Å². The minimum atomic E-state index is 0.180. The lowest BCUT2D eigenvalue weighted by molar-refractivity contribution is 0.444. The molecule has 0 saturated heterocycles. The van der Waals surface area contributed by atoms with Gasteiger partial charge in [-0.15, -0.1) is 0 Å². The molecule has 1 aromatic carbocycles. The summed E-state index contributed by atoms with van der Waals surface area (Å²) in [4.78, 5) is 7.70. The van der Waals surface area contributed by atoms with Crippen molar-refractivity contribution in [2.45, 2.75) is 6.92 Å². The predicted octanol–water partition coefficient (Wildman–Crippen LogP) is 2.28. The Bertz CT molecular complexity index is 437. The van der Waals surface area contributed by atoms with Crippen LogP contribution in [0.25, 0.3) is 0 Å². The summed E-state index contributed by atoms with van der Waals surface area (Å²) in [6.07, 6.45) is 3.00. The summed E-state index contributed by atoms with van der Waals surface area (Å²) in [7, 11) is 0. The van der Waals surface area contributed by atoms with Gasteiger partial charge in [-0.05, 0) is 24.6 Å². The van der Waals surface area contributed by atoms with Crippen LogP contribution in [0.4, 0.5) is 0 Å². The number of rotatable bonds is 2. The summed E-state index contributed by atoms with van der Waals surface area (Å²) in [6.45, 7) is 1.88. The molecule has 0 bridgehead atoms. The molecule has 0 amide bonds. The molecule has 0 saturated carbocycles. The van der Waals surface area contributed by atoms with Crippen molar-refractivity contribution < 1.29 is 9.84 Å². The Balaban J connectivity index is 2.25. The van der Waals surface area contributed by atoms with E-state index in [4.69, 9.17) is 4.74 Å². The maximum Gasteiger partial charge on any atom is 0.222 e. The van der Waals surface area contributed by atoms with Gasteiger partial charge in [0.1, 0.15) is 17.8 Å². The smallest absolute Gasteiger partial charge is 0.222 e. The van der Waals surface area contributed by atoms with Crippen LogP contribution in [0.1, 0.15) is 5.56 Å². The van der Waals surface area contributed by atoms with E-state index in [-0.39, 0.29) is 5.75 Å². The molecule has 4 heteroatoms. The molecule has 0 spiro atoms. The van der Waals surface area contributed by atoms with Gasteiger partial charge in [0.15, 0.2) is 0 Å². The largest absolute Gasteiger partial charge is 0.508 e. The number of aryl methyl sites for hydroxylation is 1. The highest BCUT2D eigenvalue weighted by Gasteiger charge is 2.00. The maximum atomic E-state index is 9.36. The van der Waals surface area contributed by atoms with Gasteiger partial charge in [0.2, 0.25) is 5.88 Å². The van der Waals surface area contributed by atoms with Crippen molar-refractivity contribution in [3.63, 3.8) is 0 Å². The predicted molar refractivity (Wildman–Crippen MR) is 54.9 cm³/mol. The Hall–Kier alpha value is -2.10. The number of aromatic hydroxyl groups is 1. The zero-order valence-electron chi connectivity index (χ0n) is 8.21. The molecule has 1 aromatic heterocycles. The number of hydrogen-bond donors (Lipinski definition) is 1. The van der Waals surface area contributed by atoms with Crippen molar-refractivity contribution in [3.05, 3.63) is 42.4 Å². The van der Waals surface area contributed by atoms with E-state index in [0.717, 1.165) is 5.56 Å². The molecule has 0 radical (unpaired) electrons. The van der Waals surface area contributed by atoms with Crippen LogP contribution in [0.2, 0.25) is 0 Å². The van der Waals surface area contributed by atoms with Crippen LogP contribution in [0.15, 0.2) is 36.8 Å². The molecule has 0 aliphatic heterocycles. The third-order valence-corrected chi connectivity index (χ3v) is 1.81. The van der Waals surface area contributed by atoms with E-state index in [0.29, 0.717) is 11.6 Å². The summed E-state index contributed by atoms with van der Waals surface area (Å²) in [5.41, 5.74) is 0.930. The highest BCUT2D eigenvalue weighted by Crippen LogP contribution is 2.24. The Morgan fingerprint density at radius 2 is 2.13 bits per heavy atom. The number of ether oxygens (including phenoxy) is 1. The number of benzene rings is 1. The minimum Gasteiger partial charge on any atom is -0.508 e. The molecule has 1 heterocycles. The standard InChI is InChI=1S/C11H10N2O2/c1-8-4-9(14)6-10(5-8)15-11-2-3-12-7-13-11/h2-7,14H,1H3. The fourth-order valence-corrected chi connectivity index (χ4v) is 1.25. The van der Waals surface area contributed by atoms with E-state index >= 15 is 0 Å². The first kappa shape index (κ1) is 9.45. The molecule has 2 rings (SSSR count). The zero-order chi connectivity index (χ0) is 10.7. The number of hydrogen-bond acceptors (Lipinski definition) is 4. The van der Waals surface area contributed by atoms with Gasteiger partial charge in [-0.2, -0.15) is 0 Å². The van der Waals surface area contributed by atoms with Crippen molar-refractivity contribution in [3.8, 4) is 17.4 Å². The van der Waals surface area contributed by atoms with Gasteiger partial charge in [0.05, 0.1) is 0 Å². The SMILES string of the molecule is Cc1cc(O)cc(Oc2ccncn2)c1. The van der Waals surface area contributed by atoms with E-state index in [1.165, 1.54) is 12.4 Å². The molecule has 2 aromatic rings. The maximum absolute atomic E-state index is 9.36. The molecule has 76 valence electrons. The highest BCUT2D eigenvalue weighted by molar-refractivity contribution is 5.38. The molecule has 0 unspecified atom stereocenters. The quantitative estimate of drug-likeness (QED) is 0.811. The third kappa shape index (κ3) is 2.43. The van der Waals surface area contributed by atoms with Crippen molar-refractivity contribution in [2.75, 3.05) is 0 Å². The number of aromatic nitrogens is 2. The Kier molecular flexibility index (Phi) is 2.49. The topological polar surface area (TPSA) is 55.2 Å². The lowest BCUT2D eigenvalue weighted by Gasteiger charge is -2.05. The summed E-state index contributed by atoms with van der Waals surface area (Å²) < 4.78 is 5.43. The van der Waals surface area contributed by atoms with Crippen molar-refractivity contribution in [1.29, 1.82) is 0 Å². The first-order chi connectivity index (χ1) is 7.24. The Morgan fingerprint density at radius 3 is 2.80 bits per heavy atom. The van der Waals surface area contributed by atoms with Crippen LogP contribution >= 0.6 is 0 Å².